The fraction of sp³-hybridized carbons (Fsp3) is 0. The van der Waals surface area contributed by atoms with Crippen LogP contribution in [0.15, 0.2) is 84.7 Å². The number of fused-ring (bicyclic) bond motifs is 2. The fourth-order valence-electron chi connectivity index (χ4n) is 2.42. The van der Waals surface area contributed by atoms with E-state index in [4.69, 9.17) is 11.0 Å². The van der Waals surface area contributed by atoms with E-state index in [9.17, 15) is 0 Å². The third-order valence-corrected chi connectivity index (χ3v) is 3.28. The molecular weight excluding hydrogens is 240 g/mol. The minimum Gasteiger partial charge on any atom is -0.0622 e. The Morgan fingerprint density at radius 3 is 1.80 bits per heavy atom. The first-order chi connectivity index (χ1) is 13.3. The van der Waals surface area contributed by atoms with Gasteiger partial charge in [0.05, 0.1) is 11.0 Å². The zero-order chi connectivity index (χ0) is 20.3. The van der Waals surface area contributed by atoms with Gasteiger partial charge in [-0.2, -0.15) is 0 Å². The van der Waals surface area contributed by atoms with Crippen LogP contribution in [-0.4, -0.2) is 0 Å². The van der Waals surface area contributed by atoms with Gasteiger partial charge in [-0.05, 0) is 38.7 Å². The second-order valence-corrected chi connectivity index (χ2v) is 4.46. The number of rotatable bonds is 1. The van der Waals surface area contributed by atoms with Gasteiger partial charge >= 0.3 is 0 Å². The maximum Gasteiger partial charge on any atom is 0.0629 e. The minimum absolute atomic E-state index is 0.224. The van der Waals surface area contributed by atoms with Gasteiger partial charge in [0, 0.05) is 0 Å². The number of hydrogen-bond acceptors (Lipinski definition) is 0. The summed E-state index contributed by atoms with van der Waals surface area (Å²) in [4.78, 5) is 0. The van der Waals surface area contributed by atoms with Gasteiger partial charge in [-0.1, -0.05) is 78.7 Å². The maximum atomic E-state index is 8.43. The van der Waals surface area contributed by atoms with Gasteiger partial charge in [0.2, 0.25) is 0 Å². The largest absolute Gasteiger partial charge is 0.0629 e. The van der Waals surface area contributed by atoms with E-state index in [1.54, 1.807) is 24.3 Å². The van der Waals surface area contributed by atoms with Crippen LogP contribution in [0.25, 0.3) is 32.7 Å². The van der Waals surface area contributed by atoms with Crippen molar-refractivity contribution >= 4 is 21.5 Å². The Balaban J connectivity index is 2.43. The highest BCUT2D eigenvalue weighted by Gasteiger charge is 2.08. The van der Waals surface area contributed by atoms with Crippen molar-refractivity contribution in [1.82, 2.24) is 0 Å². The van der Waals surface area contributed by atoms with Crippen LogP contribution < -0.4 is 0 Å². The van der Waals surface area contributed by atoms with Gasteiger partial charge in [-0.15, -0.1) is 0 Å². The number of benzene rings is 4. The summed E-state index contributed by atoms with van der Waals surface area (Å²) in [5, 5.41) is 0.939. The molecule has 0 radical (unpaired) electrons. The van der Waals surface area contributed by atoms with E-state index in [0.29, 0.717) is 11.1 Å². The highest BCUT2D eigenvalue weighted by molar-refractivity contribution is 6.12. The van der Waals surface area contributed by atoms with Crippen LogP contribution in [0.1, 0.15) is 11.0 Å². The third-order valence-electron chi connectivity index (χ3n) is 3.28. The molecule has 0 aliphatic heterocycles. The SMILES string of the molecule is [2H]c1c([2H])c([2H])c2c(-c3ccccc3)c3c([2H])c([2H])c([2H])c([2H])c3cc2c1[2H]. The number of hydrogen-bond donors (Lipinski definition) is 0. The molecule has 0 bridgehead atoms. The van der Waals surface area contributed by atoms with Crippen LogP contribution >= 0.6 is 0 Å². The fourth-order valence-corrected chi connectivity index (χ4v) is 2.42. The third kappa shape index (κ3) is 1.70. The van der Waals surface area contributed by atoms with Crippen molar-refractivity contribution in [2.75, 3.05) is 0 Å². The van der Waals surface area contributed by atoms with Crippen LogP contribution in [0, 0.1) is 0 Å². The van der Waals surface area contributed by atoms with Crippen molar-refractivity contribution in [3.05, 3.63) is 84.7 Å². The molecule has 94 valence electrons. The predicted molar refractivity (Wildman–Crippen MR) is 86.9 cm³/mol. The summed E-state index contributed by atoms with van der Waals surface area (Å²) in [6, 6.07) is 7.87. The summed E-state index contributed by atoms with van der Waals surface area (Å²) in [5.74, 6) is 0. The molecule has 20 heavy (non-hydrogen) atoms. The molecule has 0 saturated heterocycles. The second kappa shape index (κ2) is 4.50. The molecular formula is C20H14. The smallest absolute Gasteiger partial charge is 0.0622 e. The molecule has 0 N–H and O–H groups in total. The molecule has 0 aromatic heterocycles. The molecule has 0 saturated carbocycles. The monoisotopic (exact) mass is 262 g/mol. The van der Waals surface area contributed by atoms with E-state index >= 15 is 0 Å². The second-order valence-electron chi connectivity index (χ2n) is 4.46. The van der Waals surface area contributed by atoms with Crippen molar-refractivity contribution < 1.29 is 11.0 Å². The van der Waals surface area contributed by atoms with Crippen molar-refractivity contribution in [2.45, 2.75) is 0 Å². The van der Waals surface area contributed by atoms with E-state index in [-0.39, 0.29) is 69.9 Å². The van der Waals surface area contributed by atoms with Gasteiger partial charge in [-0.3, -0.25) is 0 Å². The molecule has 0 amide bonds. The Hall–Kier alpha value is -2.60. The van der Waals surface area contributed by atoms with E-state index in [1.807, 2.05) is 6.07 Å². The van der Waals surface area contributed by atoms with Gasteiger partial charge in [0.15, 0.2) is 0 Å². The molecule has 0 fully saturated rings. The van der Waals surface area contributed by atoms with E-state index in [2.05, 4.69) is 0 Å². The molecule has 0 heteroatoms. The van der Waals surface area contributed by atoms with Crippen LogP contribution in [0.4, 0.5) is 0 Å². The highest BCUT2D eigenvalue weighted by Crippen LogP contribution is 2.35. The molecule has 0 nitrogen and oxygen atoms in total. The lowest BCUT2D eigenvalue weighted by Gasteiger charge is -2.11. The van der Waals surface area contributed by atoms with E-state index in [1.165, 1.54) is 6.07 Å². The van der Waals surface area contributed by atoms with Gasteiger partial charge < -0.3 is 0 Å². The first-order valence-electron chi connectivity index (χ1n) is 10.2. The quantitative estimate of drug-likeness (QED) is 0.388. The summed E-state index contributed by atoms with van der Waals surface area (Å²) < 4.78 is 65.5. The average molecular weight is 262 g/mol. The Morgan fingerprint density at radius 2 is 1.20 bits per heavy atom. The Morgan fingerprint density at radius 1 is 0.650 bits per heavy atom. The molecule has 4 aromatic carbocycles. The van der Waals surface area contributed by atoms with E-state index in [0.717, 1.165) is 0 Å². The van der Waals surface area contributed by atoms with E-state index < -0.39 is 0 Å². The van der Waals surface area contributed by atoms with Crippen LogP contribution in [0.2, 0.25) is 0 Å². The first kappa shape index (κ1) is 5.80. The van der Waals surface area contributed by atoms with Crippen LogP contribution in [0.3, 0.4) is 0 Å². The van der Waals surface area contributed by atoms with Gasteiger partial charge in [-0.25, -0.2) is 0 Å². The van der Waals surface area contributed by atoms with Gasteiger partial charge in [0.25, 0.3) is 0 Å². The maximum absolute atomic E-state index is 8.43. The lowest BCUT2D eigenvalue weighted by Crippen LogP contribution is -1.84. The van der Waals surface area contributed by atoms with Crippen LogP contribution in [0.5, 0.6) is 0 Å². The molecule has 0 heterocycles. The Bertz CT molecular complexity index is 1200. The molecule has 0 spiro atoms. The molecule has 4 aromatic rings. The summed E-state index contributed by atoms with van der Waals surface area (Å²) in [6.07, 6.45) is 0. The van der Waals surface area contributed by atoms with Crippen LogP contribution in [-0.2, 0) is 0 Å². The Kier molecular flexibility index (Phi) is 1.31. The summed E-state index contributed by atoms with van der Waals surface area (Å²) in [7, 11) is 0. The lowest BCUT2D eigenvalue weighted by molar-refractivity contribution is 1.67. The summed E-state index contributed by atoms with van der Waals surface area (Å²) >= 11 is 0. The predicted octanol–water partition coefficient (Wildman–Crippen LogP) is 5.66. The van der Waals surface area contributed by atoms with Crippen molar-refractivity contribution in [1.29, 1.82) is 0 Å². The zero-order valence-corrected chi connectivity index (χ0v) is 10.5. The molecule has 4 rings (SSSR count). The normalized spacial score (nSPS) is 16.6. The average Bonchev–Trinajstić information content (AvgIpc) is 2.72. The van der Waals surface area contributed by atoms with Crippen molar-refractivity contribution in [3.8, 4) is 11.1 Å². The van der Waals surface area contributed by atoms with Gasteiger partial charge in [0.1, 0.15) is 0 Å². The lowest BCUT2D eigenvalue weighted by atomic mass is 9.92. The topological polar surface area (TPSA) is 0 Å². The zero-order valence-electron chi connectivity index (χ0n) is 18.5. The molecule has 0 unspecified atom stereocenters. The highest BCUT2D eigenvalue weighted by atomic mass is 14.1. The first-order valence-corrected chi connectivity index (χ1v) is 6.24. The molecule has 0 aliphatic carbocycles. The summed E-state index contributed by atoms with van der Waals surface area (Å²) in [5.41, 5.74) is 1.00. The Labute approximate surface area is 129 Å². The summed E-state index contributed by atoms with van der Waals surface area (Å²) in [6.45, 7) is 0. The molecule has 0 aliphatic rings. The van der Waals surface area contributed by atoms with Crippen molar-refractivity contribution in [3.63, 3.8) is 0 Å². The minimum atomic E-state index is -0.380. The molecule has 0 atom stereocenters. The van der Waals surface area contributed by atoms with Crippen molar-refractivity contribution in [2.24, 2.45) is 0 Å². The standard InChI is InChI=1S/C20H14/c1-2-8-15(9-3-1)20-18-12-6-4-10-16(18)14-17-11-5-7-13-19(17)20/h1-14H/i4D,5D,6D,7D,10D,11D,12D,13D.